The summed E-state index contributed by atoms with van der Waals surface area (Å²) in [7, 11) is 3.43. The maximum Gasteiger partial charge on any atom is 0.200 e. The summed E-state index contributed by atoms with van der Waals surface area (Å²) in [6.07, 6.45) is 1.52. The Balaban J connectivity index is 1.42. The van der Waals surface area contributed by atoms with Crippen molar-refractivity contribution >= 4 is 16.3 Å². The van der Waals surface area contributed by atoms with E-state index in [-0.39, 0.29) is 23.3 Å². The molecule has 0 spiro atoms. The van der Waals surface area contributed by atoms with Gasteiger partial charge in [0.25, 0.3) is 0 Å². The van der Waals surface area contributed by atoms with E-state index in [2.05, 4.69) is 35.0 Å². The third-order valence-corrected chi connectivity index (χ3v) is 7.08. The van der Waals surface area contributed by atoms with Crippen molar-refractivity contribution in [3.05, 3.63) is 46.6 Å². The van der Waals surface area contributed by atoms with Gasteiger partial charge in [-0.15, -0.1) is 11.3 Å². The Morgan fingerprint density at radius 1 is 1.28 bits per heavy atom. The fourth-order valence-corrected chi connectivity index (χ4v) is 5.62. The number of halogens is 2. The SMILES string of the molecule is COc1ccc(CN2Cn3ncnc3-c3cc(CN(C)CC4(C)COC4)sc32)c(F)c1F. The van der Waals surface area contributed by atoms with Gasteiger partial charge in [-0.25, -0.2) is 14.1 Å². The van der Waals surface area contributed by atoms with Gasteiger partial charge in [-0.3, -0.25) is 0 Å². The summed E-state index contributed by atoms with van der Waals surface area (Å²) in [5.74, 6) is -1.16. The van der Waals surface area contributed by atoms with Crippen LogP contribution in [0.1, 0.15) is 17.4 Å². The highest BCUT2D eigenvalue weighted by molar-refractivity contribution is 7.16. The van der Waals surface area contributed by atoms with Gasteiger partial charge in [-0.05, 0) is 19.2 Å². The number of hydrogen-bond donors (Lipinski definition) is 0. The third-order valence-electron chi connectivity index (χ3n) is 5.90. The summed E-state index contributed by atoms with van der Waals surface area (Å²) in [5.41, 5.74) is 1.44. The molecule has 1 fully saturated rings. The quantitative estimate of drug-likeness (QED) is 0.534. The topological polar surface area (TPSA) is 55.7 Å². The van der Waals surface area contributed by atoms with Gasteiger partial charge >= 0.3 is 0 Å². The first kappa shape index (κ1) is 21.3. The van der Waals surface area contributed by atoms with Crippen molar-refractivity contribution in [3.63, 3.8) is 0 Å². The molecule has 0 aliphatic carbocycles. The van der Waals surface area contributed by atoms with Crippen LogP contribution in [-0.2, 0) is 24.5 Å². The van der Waals surface area contributed by atoms with Crippen molar-refractivity contribution in [1.82, 2.24) is 19.7 Å². The molecule has 0 unspecified atom stereocenters. The van der Waals surface area contributed by atoms with Gasteiger partial charge in [0.15, 0.2) is 17.4 Å². The van der Waals surface area contributed by atoms with E-state index in [4.69, 9.17) is 9.47 Å². The van der Waals surface area contributed by atoms with Crippen LogP contribution in [0.25, 0.3) is 11.4 Å². The van der Waals surface area contributed by atoms with E-state index in [1.54, 1.807) is 22.1 Å². The number of thiophene rings is 1. The van der Waals surface area contributed by atoms with E-state index in [0.29, 0.717) is 6.67 Å². The zero-order chi connectivity index (χ0) is 22.5. The van der Waals surface area contributed by atoms with Gasteiger partial charge in [0, 0.05) is 35.5 Å². The van der Waals surface area contributed by atoms with Crippen LogP contribution in [0.5, 0.6) is 5.75 Å². The molecule has 7 nitrogen and oxygen atoms in total. The molecule has 0 saturated carbocycles. The second-order valence-electron chi connectivity index (χ2n) is 8.88. The highest BCUT2D eigenvalue weighted by Gasteiger charge is 2.35. The van der Waals surface area contributed by atoms with Crippen LogP contribution in [-0.4, -0.2) is 53.6 Å². The summed E-state index contributed by atoms with van der Waals surface area (Å²) < 4.78 is 41.0. The number of ether oxygens (including phenoxy) is 2. The van der Waals surface area contributed by atoms with Crippen molar-refractivity contribution < 1.29 is 18.3 Å². The van der Waals surface area contributed by atoms with Crippen molar-refractivity contribution in [3.8, 4) is 17.1 Å². The number of methoxy groups -OCH3 is 1. The number of rotatable bonds is 7. The average Bonchev–Trinajstić information content (AvgIpc) is 3.37. The van der Waals surface area contributed by atoms with Crippen LogP contribution in [0, 0.1) is 17.0 Å². The summed E-state index contributed by atoms with van der Waals surface area (Å²) in [6, 6.07) is 5.16. The molecular formula is C22H25F2N5O2S. The fraction of sp³-hybridized carbons (Fsp3) is 0.455. The van der Waals surface area contributed by atoms with E-state index in [1.165, 1.54) is 24.4 Å². The Labute approximate surface area is 189 Å². The van der Waals surface area contributed by atoms with E-state index in [1.807, 2.05) is 4.90 Å². The highest BCUT2D eigenvalue weighted by atomic mass is 32.1. The monoisotopic (exact) mass is 461 g/mol. The van der Waals surface area contributed by atoms with Gasteiger partial charge in [0.1, 0.15) is 18.0 Å². The van der Waals surface area contributed by atoms with Crippen LogP contribution in [0.2, 0.25) is 0 Å². The lowest BCUT2D eigenvalue weighted by atomic mass is 9.88. The fourth-order valence-electron chi connectivity index (χ4n) is 4.40. The molecule has 2 aliphatic heterocycles. The number of benzene rings is 1. The third kappa shape index (κ3) is 3.76. The second kappa shape index (κ2) is 8.09. The second-order valence-corrected chi connectivity index (χ2v) is 10.00. The van der Waals surface area contributed by atoms with E-state index in [0.717, 1.165) is 42.7 Å². The largest absolute Gasteiger partial charge is 0.494 e. The number of fused-ring (bicyclic) bond motifs is 3. The molecule has 0 N–H and O–H groups in total. The van der Waals surface area contributed by atoms with E-state index >= 15 is 0 Å². The van der Waals surface area contributed by atoms with Gasteiger partial charge in [0.05, 0.1) is 25.9 Å². The Bertz CT molecular complexity index is 1140. The lowest BCUT2D eigenvalue weighted by Crippen LogP contribution is -2.47. The van der Waals surface area contributed by atoms with Crippen LogP contribution in [0.3, 0.4) is 0 Å². The molecule has 2 aromatic heterocycles. The molecule has 1 saturated heterocycles. The van der Waals surface area contributed by atoms with Gasteiger partial charge < -0.3 is 19.3 Å². The van der Waals surface area contributed by atoms with E-state index < -0.39 is 11.6 Å². The Hall–Kier alpha value is -2.56. The van der Waals surface area contributed by atoms with Crippen LogP contribution in [0.15, 0.2) is 24.5 Å². The smallest absolute Gasteiger partial charge is 0.200 e. The summed E-state index contributed by atoms with van der Waals surface area (Å²) >= 11 is 1.66. The van der Waals surface area contributed by atoms with Gasteiger partial charge in [-0.1, -0.05) is 13.0 Å². The first-order valence-electron chi connectivity index (χ1n) is 10.4. The summed E-state index contributed by atoms with van der Waals surface area (Å²) in [6.45, 7) is 6.19. The highest BCUT2D eigenvalue weighted by Crippen LogP contribution is 2.43. The van der Waals surface area contributed by atoms with Crippen LogP contribution in [0.4, 0.5) is 13.8 Å². The molecule has 4 heterocycles. The molecule has 3 aromatic rings. The first-order valence-corrected chi connectivity index (χ1v) is 11.2. The van der Waals surface area contributed by atoms with Gasteiger partial charge in [0.2, 0.25) is 5.82 Å². The Morgan fingerprint density at radius 3 is 2.81 bits per heavy atom. The molecule has 0 amide bonds. The minimum atomic E-state index is -0.967. The molecule has 0 radical (unpaired) electrons. The van der Waals surface area contributed by atoms with Crippen molar-refractivity contribution in [2.75, 3.05) is 38.8 Å². The predicted octanol–water partition coefficient (Wildman–Crippen LogP) is 3.74. The number of nitrogens with zero attached hydrogens (tertiary/aromatic N) is 5. The number of hydrogen-bond acceptors (Lipinski definition) is 7. The summed E-state index contributed by atoms with van der Waals surface area (Å²) in [5, 5.41) is 5.30. The van der Waals surface area contributed by atoms with Crippen molar-refractivity contribution in [2.24, 2.45) is 5.41 Å². The lowest BCUT2D eigenvalue weighted by Gasteiger charge is -2.40. The van der Waals surface area contributed by atoms with Crippen LogP contribution >= 0.6 is 11.3 Å². The number of anilines is 1. The Kier molecular flexibility index (Phi) is 5.39. The molecule has 32 heavy (non-hydrogen) atoms. The standard InChI is InChI=1S/C22H25F2N5O2S/c1-22(10-31-11-22)9-27(2)8-15-6-16-20-25-12-26-29(20)13-28(21(16)32-15)7-14-4-5-17(30-3)19(24)18(14)23/h4-6,12H,7-11,13H2,1-3H3. The van der Waals surface area contributed by atoms with Gasteiger partial charge in [-0.2, -0.15) is 9.49 Å². The average molecular weight is 462 g/mol. The predicted molar refractivity (Wildman–Crippen MR) is 118 cm³/mol. The molecule has 10 heteroatoms. The molecule has 0 bridgehead atoms. The van der Waals surface area contributed by atoms with Crippen molar-refractivity contribution in [1.29, 1.82) is 0 Å². The molecular weight excluding hydrogens is 436 g/mol. The molecule has 2 aliphatic rings. The molecule has 5 rings (SSSR count). The molecule has 0 atom stereocenters. The first-order chi connectivity index (χ1) is 15.4. The maximum atomic E-state index is 14.7. The van der Waals surface area contributed by atoms with Crippen molar-refractivity contribution in [2.45, 2.75) is 26.7 Å². The van der Waals surface area contributed by atoms with Crippen LogP contribution < -0.4 is 9.64 Å². The van der Waals surface area contributed by atoms with E-state index in [9.17, 15) is 8.78 Å². The number of aromatic nitrogens is 3. The minimum absolute atomic E-state index is 0.101. The minimum Gasteiger partial charge on any atom is -0.494 e. The maximum absolute atomic E-state index is 14.7. The lowest BCUT2D eigenvalue weighted by molar-refractivity contribution is -0.113. The zero-order valence-electron chi connectivity index (χ0n) is 18.3. The Morgan fingerprint density at radius 2 is 2.09 bits per heavy atom. The normalized spacial score (nSPS) is 16.6. The molecule has 170 valence electrons. The summed E-state index contributed by atoms with van der Waals surface area (Å²) in [4.78, 5) is 9.91. The zero-order valence-corrected chi connectivity index (χ0v) is 19.1. The molecule has 1 aromatic carbocycles.